The summed E-state index contributed by atoms with van der Waals surface area (Å²) >= 11 is 0. The third-order valence-corrected chi connectivity index (χ3v) is 3.42. The van der Waals surface area contributed by atoms with Gasteiger partial charge in [0.2, 0.25) is 0 Å². The van der Waals surface area contributed by atoms with Gasteiger partial charge in [0.05, 0.1) is 6.54 Å². The van der Waals surface area contributed by atoms with Crippen molar-refractivity contribution < 1.29 is 4.79 Å². The van der Waals surface area contributed by atoms with Crippen LogP contribution in [0.25, 0.3) is 0 Å². The second-order valence-corrected chi connectivity index (χ2v) is 5.46. The molecule has 1 saturated carbocycles. The summed E-state index contributed by atoms with van der Waals surface area (Å²) in [7, 11) is 1.95. The summed E-state index contributed by atoms with van der Waals surface area (Å²) in [6.45, 7) is 5.97. The molecule has 0 radical (unpaired) electrons. The molecule has 0 unspecified atom stereocenters. The average Bonchev–Trinajstić information content (AvgIpc) is 2.97. The summed E-state index contributed by atoms with van der Waals surface area (Å²) in [5.74, 6) is 1.07. The second-order valence-electron chi connectivity index (χ2n) is 5.46. The molecule has 1 aromatic rings. The molecule has 3 nitrogen and oxygen atoms in total. The Morgan fingerprint density at radius 3 is 2.71 bits per heavy atom. The third-order valence-electron chi connectivity index (χ3n) is 3.42. The van der Waals surface area contributed by atoms with Gasteiger partial charge in [0.25, 0.3) is 0 Å². The van der Waals surface area contributed by atoms with E-state index in [4.69, 9.17) is 0 Å². The predicted molar refractivity (Wildman–Crippen MR) is 69.2 cm³/mol. The zero-order chi connectivity index (χ0) is 12.4. The Balaban J connectivity index is 1.94. The Morgan fingerprint density at radius 2 is 2.24 bits per heavy atom. The number of rotatable bonds is 6. The van der Waals surface area contributed by atoms with Gasteiger partial charge in [-0.25, -0.2) is 0 Å². The largest absolute Gasteiger partial charge is 0.357 e. The Morgan fingerprint density at radius 1 is 1.53 bits per heavy atom. The number of carbonyl (C=O) groups is 1. The molecule has 0 N–H and O–H groups in total. The summed E-state index contributed by atoms with van der Waals surface area (Å²) in [5.41, 5.74) is 0.828. The molecule has 0 aliphatic heterocycles. The normalized spacial score (nSPS) is 15.8. The lowest BCUT2D eigenvalue weighted by atomic mass is 10.2. The molecule has 1 aliphatic rings. The molecule has 1 fully saturated rings. The van der Waals surface area contributed by atoms with Gasteiger partial charge in [0.1, 0.15) is 0 Å². The van der Waals surface area contributed by atoms with Crippen molar-refractivity contribution in [2.75, 3.05) is 13.1 Å². The van der Waals surface area contributed by atoms with E-state index in [2.05, 4.69) is 18.7 Å². The maximum atomic E-state index is 12.1. The van der Waals surface area contributed by atoms with Gasteiger partial charge in [0.15, 0.2) is 5.78 Å². The van der Waals surface area contributed by atoms with Gasteiger partial charge in [-0.1, -0.05) is 0 Å². The lowest BCUT2D eigenvalue weighted by Crippen LogP contribution is -2.37. The van der Waals surface area contributed by atoms with Gasteiger partial charge in [-0.05, 0) is 38.7 Å². The van der Waals surface area contributed by atoms with E-state index < -0.39 is 0 Å². The van der Waals surface area contributed by atoms with Crippen LogP contribution in [0.3, 0.4) is 0 Å². The first-order chi connectivity index (χ1) is 8.06. The molecule has 0 spiro atoms. The molecule has 94 valence electrons. The predicted octanol–water partition coefficient (Wildman–Crippen LogP) is 2.33. The van der Waals surface area contributed by atoms with Crippen LogP contribution in [-0.4, -0.2) is 34.4 Å². The summed E-state index contributed by atoms with van der Waals surface area (Å²) in [6, 6.07) is 2.35. The van der Waals surface area contributed by atoms with Crippen molar-refractivity contribution in [1.29, 1.82) is 0 Å². The fourth-order valence-electron chi connectivity index (χ4n) is 2.03. The molecule has 1 heterocycles. The van der Waals surface area contributed by atoms with E-state index >= 15 is 0 Å². The number of aryl methyl sites for hydroxylation is 1. The highest BCUT2D eigenvalue weighted by atomic mass is 16.1. The Bertz CT molecular complexity index is 391. The van der Waals surface area contributed by atoms with Crippen LogP contribution in [0.1, 0.15) is 37.0 Å². The minimum atomic E-state index is 0.236. The minimum absolute atomic E-state index is 0.236. The molecule has 1 aliphatic carbocycles. The smallest absolute Gasteiger partial charge is 0.178 e. The molecule has 0 bridgehead atoms. The minimum Gasteiger partial charge on any atom is -0.357 e. The second kappa shape index (κ2) is 5.05. The van der Waals surface area contributed by atoms with Crippen LogP contribution in [0, 0.1) is 5.92 Å². The van der Waals surface area contributed by atoms with Gasteiger partial charge < -0.3 is 4.57 Å². The molecule has 0 amide bonds. The number of hydrogen-bond acceptors (Lipinski definition) is 2. The highest BCUT2D eigenvalue weighted by Gasteiger charge is 2.26. The number of aromatic nitrogens is 1. The zero-order valence-corrected chi connectivity index (χ0v) is 11.0. The van der Waals surface area contributed by atoms with E-state index in [9.17, 15) is 4.79 Å². The highest BCUT2D eigenvalue weighted by molar-refractivity contribution is 5.97. The summed E-state index contributed by atoms with van der Waals surface area (Å²) in [5, 5.41) is 0. The Labute approximate surface area is 103 Å². The van der Waals surface area contributed by atoms with Gasteiger partial charge in [-0.2, -0.15) is 0 Å². The van der Waals surface area contributed by atoms with Crippen LogP contribution >= 0.6 is 0 Å². The molecular weight excluding hydrogens is 212 g/mol. The van der Waals surface area contributed by atoms with E-state index in [0.717, 1.165) is 18.0 Å². The van der Waals surface area contributed by atoms with E-state index in [-0.39, 0.29) is 5.78 Å². The van der Waals surface area contributed by atoms with E-state index in [1.807, 2.05) is 30.1 Å². The first-order valence-corrected chi connectivity index (χ1v) is 6.45. The van der Waals surface area contributed by atoms with Crippen LogP contribution in [-0.2, 0) is 7.05 Å². The van der Waals surface area contributed by atoms with Gasteiger partial charge in [0, 0.05) is 37.6 Å². The third kappa shape index (κ3) is 3.43. The van der Waals surface area contributed by atoms with E-state index in [1.54, 1.807) is 0 Å². The monoisotopic (exact) mass is 234 g/mol. The highest BCUT2D eigenvalue weighted by Crippen LogP contribution is 2.30. The maximum Gasteiger partial charge on any atom is 0.178 e. The molecular formula is C14H22N2O. The summed E-state index contributed by atoms with van der Waals surface area (Å²) < 4.78 is 1.92. The Kier molecular flexibility index (Phi) is 3.67. The lowest BCUT2D eigenvalue weighted by molar-refractivity contribution is 0.0901. The van der Waals surface area contributed by atoms with Crippen molar-refractivity contribution in [3.05, 3.63) is 24.0 Å². The van der Waals surface area contributed by atoms with Crippen LogP contribution in [0.5, 0.6) is 0 Å². The Hall–Kier alpha value is -1.09. The van der Waals surface area contributed by atoms with Crippen LogP contribution in [0.15, 0.2) is 18.5 Å². The molecule has 0 atom stereocenters. The average molecular weight is 234 g/mol. The molecule has 1 aromatic heterocycles. The standard InChI is InChI=1S/C14H22N2O/c1-11(2)16(8-12-4-5-12)10-14(17)13-6-7-15(3)9-13/h6-7,9,11-12H,4-5,8,10H2,1-3H3. The fraction of sp³-hybridized carbons (Fsp3) is 0.643. The lowest BCUT2D eigenvalue weighted by Gasteiger charge is -2.25. The van der Waals surface area contributed by atoms with E-state index in [1.165, 1.54) is 12.8 Å². The first kappa shape index (κ1) is 12.4. The van der Waals surface area contributed by atoms with Crippen LogP contribution < -0.4 is 0 Å². The van der Waals surface area contributed by atoms with Crippen molar-refractivity contribution in [3.8, 4) is 0 Å². The first-order valence-electron chi connectivity index (χ1n) is 6.45. The summed E-state index contributed by atoms with van der Waals surface area (Å²) in [6.07, 6.45) is 6.50. The quantitative estimate of drug-likeness (QED) is 0.706. The number of carbonyl (C=O) groups excluding carboxylic acids is 1. The molecule has 2 rings (SSSR count). The van der Waals surface area contributed by atoms with Crippen molar-refractivity contribution in [2.24, 2.45) is 13.0 Å². The van der Waals surface area contributed by atoms with Crippen molar-refractivity contribution in [1.82, 2.24) is 9.47 Å². The molecule has 17 heavy (non-hydrogen) atoms. The number of Topliss-reactive ketones (excluding diaryl/α,β-unsaturated/α-hetero) is 1. The molecule has 3 heteroatoms. The number of ketones is 1. The maximum absolute atomic E-state index is 12.1. The fourth-order valence-corrected chi connectivity index (χ4v) is 2.03. The van der Waals surface area contributed by atoms with E-state index in [0.29, 0.717) is 12.6 Å². The van der Waals surface area contributed by atoms with Gasteiger partial charge >= 0.3 is 0 Å². The topological polar surface area (TPSA) is 25.2 Å². The summed E-state index contributed by atoms with van der Waals surface area (Å²) in [4.78, 5) is 14.4. The number of nitrogens with zero attached hydrogens (tertiary/aromatic N) is 2. The SMILES string of the molecule is CC(C)N(CC(=O)c1ccn(C)c1)CC1CC1. The molecule has 0 saturated heterocycles. The zero-order valence-electron chi connectivity index (χ0n) is 11.0. The van der Waals surface area contributed by atoms with Gasteiger partial charge in [-0.15, -0.1) is 0 Å². The van der Waals surface area contributed by atoms with Crippen LogP contribution in [0.2, 0.25) is 0 Å². The van der Waals surface area contributed by atoms with Crippen LogP contribution in [0.4, 0.5) is 0 Å². The molecule has 0 aromatic carbocycles. The van der Waals surface area contributed by atoms with Gasteiger partial charge in [-0.3, -0.25) is 9.69 Å². The number of hydrogen-bond donors (Lipinski definition) is 0. The van der Waals surface area contributed by atoms with Crippen molar-refractivity contribution >= 4 is 5.78 Å². The van der Waals surface area contributed by atoms with Crippen molar-refractivity contribution in [2.45, 2.75) is 32.7 Å². The van der Waals surface area contributed by atoms with Crippen molar-refractivity contribution in [3.63, 3.8) is 0 Å².